The number of ether oxygens (including phenoxy) is 1. The van der Waals surface area contributed by atoms with Crippen LogP contribution in [0.3, 0.4) is 0 Å². The molecule has 2 N–H and O–H groups in total. The number of benzene rings is 2. The van der Waals surface area contributed by atoms with Gasteiger partial charge in [-0.15, -0.1) is 0 Å². The molecule has 2 aromatic rings. The van der Waals surface area contributed by atoms with E-state index in [9.17, 15) is 0 Å². The Morgan fingerprint density at radius 2 is 1.95 bits per heavy atom. The first-order valence-electron chi connectivity index (χ1n) is 6.36. The minimum atomic E-state index is -0.0986. The van der Waals surface area contributed by atoms with Crippen molar-refractivity contribution in [2.75, 3.05) is 6.61 Å². The number of halogens is 1. The van der Waals surface area contributed by atoms with Gasteiger partial charge in [-0.25, -0.2) is 0 Å². The van der Waals surface area contributed by atoms with Crippen LogP contribution in [0.5, 0.6) is 5.75 Å². The Morgan fingerprint density at radius 3 is 2.68 bits per heavy atom. The summed E-state index contributed by atoms with van der Waals surface area (Å²) in [4.78, 5) is 0. The lowest BCUT2D eigenvalue weighted by molar-refractivity contribution is 0.298. The lowest BCUT2D eigenvalue weighted by Gasteiger charge is -2.14. The fraction of sp³-hybridized carbons (Fsp3) is 0.250. The Balaban J connectivity index is 1.88. The molecule has 3 heteroatoms. The van der Waals surface area contributed by atoms with E-state index in [4.69, 9.17) is 22.1 Å². The minimum absolute atomic E-state index is 0.0986. The van der Waals surface area contributed by atoms with E-state index in [1.807, 2.05) is 55.5 Å². The summed E-state index contributed by atoms with van der Waals surface area (Å²) in [6.07, 6.45) is 0.734. The first kappa shape index (κ1) is 13.9. The van der Waals surface area contributed by atoms with Crippen LogP contribution in [0, 0.1) is 6.92 Å². The van der Waals surface area contributed by atoms with Crippen LogP contribution in [0.25, 0.3) is 0 Å². The molecule has 0 aliphatic rings. The molecule has 2 rings (SSSR count). The third kappa shape index (κ3) is 3.98. The van der Waals surface area contributed by atoms with E-state index in [0.717, 1.165) is 17.7 Å². The van der Waals surface area contributed by atoms with Crippen LogP contribution in [-0.4, -0.2) is 6.61 Å². The summed E-state index contributed by atoms with van der Waals surface area (Å²) in [5.74, 6) is 0.881. The molecule has 2 nitrogen and oxygen atoms in total. The second-order valence-electron chi connectivity index (χ2n) is 4.58. The fourth-order valence-corrected chi connectivity index (χ4v) is 2.22. The van der Waals surface area contributed by atoms with Crippen molar-refractivity contribution in [1.29, 1.82) is 0 Å². The summed E-state index contributed by atoms with van der Waals surface area (Å²) in [6.45, 7) is 2.62. The first-order valence-corrected chi connectivity index (χ1v) is 6.74. The Labute approximate surface area is 119 Å². The van der Waals surface area contributed by atoms with E-state index in [2.05, 4.69) is 0 Å². The molecule has 0 fully saturated rings. The van der Waals surface area contributed by atoms with Crippen LogP contribution in [0.2, 0.25) is 5.02 Å². The topological polar surface area (TPSA) is 35.2 Å². The predicted octanol–water partition coefficient (Wildman–Crippen LogP) is 4.12. The highest BCUT2D eigenvalue weighted by Gasteiger charge is 2.09. The van der Waals surface area contributed by atoms with Gasteiger partial charge in [0.1, 0.15) is 5.75 Å². The highest BCUT2D eigenvalue weighted by molar-refractivity contribution is 6.31. The summed E-state index contributed by atoms with van der Waals surface area (Å²) in [5.41, 5.74) is 8.28. The van der Waals surface area contributed by atoms with Gasteiger partial charge in [-0.05, 0) is 36.2 Å². The largest absolute Gasteiger partial charge is 0.494 e. The molecule has 2 aromatic carbocycles. The maximum Gasteiger partial charge on any atom is 0.119 e. The smallest absolute Gasteiger partial charge is 0.119 e. The molecule has 0 spiro atoms. The van der Waals surface area contributed by atoms with Crippen molar-refractivity contribution in [3.8, 4) is 5.75 Å². The van der Waals surface area contributed by atoms with Crippen molar-refractivity contribution >= 4 is 11.6 Å². The molecule has 0 heterocycles. The van der Waals surface area contributed by atoms with E-state index in [-0.39, 0.29) is 6.04 Å². The molecule has 0 saturated carbocycles. The molecule has 0 amide bonds. The van der Waals surface area contributed by atoms with Gasteiger partial charge in [0.2, 0.25) is 0 Å². The molecule has 0 bridgehead atoms. The number of nitrogens with two attached hydrogens (primary N) is 1. The van der Waals surface area contributed by atoms with Gasteiger partial charge in [-0.1, -0.05) is 41.9 Å². The van der Waals surface area contributed by atoms with Crippen LogP contribution in [0.1, 0.15) is 23.6 Å². The first-order chi connectivity index (χ1) is 9.16. The number of hydrogen-bond donors (Lipinski definition) is 1. The molecule has 1 unspecified atom stereocenters. The van der Waals surface area contributed by atoms with Gasteiger partial charge in [0.15, 0.2) is 0 Å². The third-order valence-corrected chi connectivity index (χ3v) is 3.34. The van der Waals surface area contributed by atoms with E-state index in [0.29, 0.717) is 11.6 Å². The zero-order chi connectivity index (χ0) is 13.7. The predicted molar refractivity (Wildman–Crippen MR) is 79.7 cm³/mol. The van der Waals surface area contributed by atoms with Gasteiger partial charge in [0, 0.05) is 17.5 Å². The maximum absolute atomic E-state index is 6.13. The zero-order valence-electron chi connectivity index (χ0n) is 11.0. The van der Waals surface area contributed by atoms with Crippen LogP contribution < -0.4 is 10.5 Å². The van der Waals surface area contributed by atoms with Crippen LogP contribution in [-0.2, 0) is 0 Å². The number of hydrogen-bond acceptors (Lipinski definition) is 2. The number of aryl methyl sites for hydroxylation is 1. The molecular weight excluding hydrogens is 258 g/mol. The van der Waals surface area contributed by atoms with Crippen molar-refractivity contribution in [2.45, 2.75) is 19.4 Å². The van der Waals surface area contributed by atoms with Gasteiger partial charge in [0.25, 0.3) is 0 Å². The molecule has 0 aromatic heterocycles. The van der Waals surface area contributed by atoms with E-state index < -0.39 is 0 Å². The Bertz CT molecular complexity index is 542. The molecule has 1 atom stereocenters. The van der Waals surface area contributed by atoms with Crippen molar-refractivity contribution in [2.24, 2.45) is 5.73 Å². The summed E-state index contributed by atoms with van der Waals surface area (Å²) in [7, 11) is 0. The molecule has 0 radical (unpaired) electrons. The quantitative estimate of drug-likeness (QED) is 0.891. The van der Waals surface area contributed by atoms with Crippen molar-refractivity contribution in [3.05, 3.63) is 64.7 Å². The fourth-order valence-electron chi connectivity index (χ4n) is 1.94. The highest BCUT2D eigenvalue weighted by Crippen LogP contribution is 2.23. The van der Waals surface area contributed by atoms with Gasteiger partial charge in [-0.2, -0.15) is 0 Å². The molecule has 0 saturated heterocycles. The molecule has 0 aliphatic carbocycles. The van der Waals surface area contributed by atoms with E-state index >= 15 is 0 Å². The highest BCUT2D eigenvalue weighted by atomic mass is 35.5. The Kier molecular flexibility index (Phi) is 4.83. The average molecular weight is 276 g/mol. The SMILES string of the molecule is Cc1cccc(OCCC(N)c2ccccc2Cl)c1. The van der Waals surface area contributed by atoms with Crippen molar-refractivity contribution < 1.29 is 4.74 Å². The second kappa shape index (κ2) is 6.60. The van der Waals surface area contributed by atoms with Gasteiger partial charge in [-0.3, -0.25) is 0 Å². The average Bonchev–Trinajstić information content (AvgIpc) is 2.39. The standard InChI is InChI=1S/C16H18ClNO/c1-12-5-4-6-13(11-12)19-10-9-16(18)14-7-2-3-8-15(14)17/h2-8,11,16H,9-10,18H2,1H3. The van der Waals surface area contributed by atoms with E-state index in [1.165, 1.54) is 5.56 Å². The third-order valence-electron chi connectivity index (χ3n) is 2.99. The summed E-state index contributed by atoms with van der Waals surface area (Å²) >= 11 is 6.12. The van der Waals surface area contributed by atoms with Gasteiger partial charge in [0.05, 0.1) is 6.61 Å². The van der Waals surface area contributed by atoms with E-state index in [1.54, 1.807) is 0 Å². The molecule has 19 heavy (non-hydrogen) atoms. The van der Waals surface area contributed by atoms with Crippen LogP contribution in [0.4, 0.5) is 0 Å². The molecule has 0 aliphatic heterocycles. The molecule has 100 valence electrons. The maximum atomic E-state index is 6.13. The normalized spacial score (nSPS) is 12.2. The van der Waals surface area contributed by atoms with Gasteiger partial charge >= 0.3 is 0 Å². The number of rotatable bonds is 5. The van der Waals surface area contributed by atoms with Gasteiger partial charge < -0.3 is 10.5 Å². The second-order valence-corrected chi connectivity index (χ2v) is 4.99. The minimum Gasteiger partial charge on any atom is -0.494 e. The van der Waals surface area contributed by atoms with Crippen LogP contribution >= 0.6 is 11.6 Å². The summed E-state index contributed by atoms with van der Waals surface area (Å²) in [6, 6.07) is 15.6. The van der Waals surface area contributed by atoms with Crippen molar-refractivity contribution in [3.63, 3.8) is 0 Å². The molecular formula is C16H18ClNO. The monoisotopic (exact) mass is 275 g/mol. The summed E-state index contributed by atoms with van der Waals surface area (Å²) < 4.78 is 5.70. The Morgan fingerprint density at radius 1 is 1.16 bits per heavy atom. The zero-order valence-corrected chi connectivity index (χ0v) is 11.7. The van der Waals surface area contributed by atoms with Crippen molar-refractivity contribution in [1.82, 2.24) is 0 Å². The lowest BCUT2D eigenvalue weighted by Crippen LogP contribution is -2.14. The van der Waals surface area contributed by atoms with Crippen LogP contribution in [0.15, 0.2) is 48.5 Å². The lowest BCUT2D eigenvalue weighted by atomic mass is 10.1. The Hall–Kier alpha value is -1.51. The summed E-state index contributed by atoms with van der Waals surface area (Å²) in [5, 5.41) is 0.713.